The Bertz CT molecular complexity index is 493. The van der Waals surface area contributed by atoms with Gasteiger partial charge in [-0.2, -0.15) is 0 Å². The van der Waals surface area contributed by atoms with Crippen LogP contribution < -0.4 is 4.74 Å². The Kier molecular flexibility index (Phi) is 5.43. The molecular formula is C17H21FO2. The number of ether oxygens (including phenoxy) is 1. The first kappa shape index (κ1) is 14.9. The van der Waals surface area contributed by atoms with Crippen molar-refractivity contribution in [2.45, 2.75) is 45.1 Å². The largest absolute Gasteiger partial charge is 0.489 e. The average Bonchev–Trinajstić information content (AvgIpc) is 2.47. The molecule has 0 atom stereocenters. The minimum Gasteiger partial charge on any atom is -0.489 e. The van der Waals surface area contributed by atoms with Crippen LogP contribution in [0.15, 0.2) is 18.2 Å². The summed E-state index contributed by atoms with van der Waals surface area (Å²) in [7, 11) is 0. The van der Waals surface area contributed by atoms with Gasteiger partial charge >= 0.3 is 0 Å². The van der Waals surface area contributed by atoms with E-state index in [4.69, 9.17) is 9.84 Å². The molecule has 0 amide bonds. The first-order valence-corrected chi connectivity index (χ1v) is 7.28. The predicted octanol–water partition coefficient (Wildman–Crippen LogP) is 3.52. The SMILES string of the molecule is CCC1CCC(Oc2cc(F)ccc2C#CCO)CC1. The summed E-state index contributed by atoms with van der Waals surface area (Å²) in [6, 6.07) is 4.35. The van der Waals surface area contributed by atoms with Crippen LogP contribution in [0.4, 0.5) is 4.39 Å². The third kappa shape index (κ3) is 3.98. The molecule has 3 heteroatoms. The molecule has 2 nitrogen and oxygen atoms in total. The van der Waals surface area contributed by atoms with Crippen molar-refractivity contribution in [1.82, 2.24) is 0 Å². The monoisotopic (exact) mass is 276 g/mol. The van der Waals surface area contributed by atoms with Gasteiger partial charge < -0.3 is 9.84 Å². The number of hydrogen-bond donors (Lipinski definition) is 1. The smallest absolute Gasteiger partial charge is 0.138 e. The highest BCUT2D eigenvalue weighted by Crippen LogP contribution is 2.30. The van der Waals surface area contributed by atoms with Crippen LogP contribution in [0.5, 0.6) is 5.75 Å². The fourth-order valence-corrected chi connectivity index (χ4v) is 2.67. The number of rotatable bonds is 3. The van der Waals surface area contributed by atoms with Gasteiger partial charge in [0.25, 0.3) is 0 Å². The van der Waals surface area contributed by atoms with Gasteiger partial charge in [-0.3, -0.25) is 0 Å². The van der Waals surface area contributed by atoms with E-state index in [0.29, 0.717) is 11.3 Å². The molecule has 0 aliphatic heterocycles. The second-order valence-electron chi connectivity index (χ2n) is 5.27. The summed E-state index contributed by atoms with van der Waals surface area (Å²) in [5, 5.41) is 8.76. The lowest BCUT2D eigenvalue weighted by Gasteiger charge is -2.28. The van der Waals surface area contributed by atoms with Crippen molar-refractivity contribution < 1.29 is 14.2 Å². The molecule has 1 aromatic rings. The van der Waals surface area contributed by atoms with Gasteiger partial charge in [0, 0.05) is 6.07 Å². The van der Waals surface area contributed by atoms with Crippen molar-refractivity contribution in [1.29, 1.82) is 0 Å². The number of halogens is 1. The number of aliphatic hydroxyl groups excluding tert-OH is 1. The Morgan fingerprint density at radius 1 is 1.30 bits per heavy atom. The molecule has 0 radical (unpaired) electrons. The molecule has 0 heterocycles. The van der Waals surface area contributed by atoms with E-state index >= 15 is 0 Å². The summed E-state index contributed by atoms with van der Waals surface area (Å²) < 4.78 is 19.3. The maximum absolute atomic E-state index is 13.4. The molecule has 1 aromatic carbocycles. The summed E-state index contributed by atoms with van der Waals surface area (Å²) in [5.41, 5.74) is 0.637. The van der Waals surface area contributed by atoms with Crippen molar-refractivity contribution >= 4 is 0 Å². The van der Waals surface area contributed by atoms with Crippen LogP contribution in [0.3, 0.4) is 0 Å². The zero-order valence-corrected chi connectivity index (χ0v) is 11.9. The molecule has 2 rings (SSSR count). The molecule has 108 valence electrons. The highest BCUT2D eigenvalue weighted by atomic mass is 19.1. The van der Waals surface area contributed by atoms with E-state index in [1.807, 2.05) is 0 Å². The van der Waals surface area contributed by atoms with Crippen LogP contribution in [0.25, 0.3) is 0 Å². The third-order valence-electron chi connectivity index (χ3n) is 3.91. The number of hydrogen-bond acceptors (Lipinski definition) is 2. The maximum atomic E-state index is 13.4. The average molecular weight is 276 g/mol. The Labute approximate surface area is 120 Å². The van der Waals surface area contributed by atoms with Crippen LogP contribution in [0.1, 0.15) is 44.6 Å². The van der Waals surface area contributed by atoms with Gasteiger partial charge in [0.1, 0.15) is 18.2 Å². The molecule has 1 saturated carbocycles. The Balaban J connectivity index is 2.06. The van der Waals surface area contributed by atoms with E-state index in [2.05, 4.69) is 18.8 Å². The molecule has 0 spiro atoms. The summed E-state index contributed by atoms with van der Waals surface area (Å²) in [4.78, 5) is 0. The molecule has 1 aliphatic carbocycles. The normalized spacial score (nSPS) is 21.9. The topological polar surface area (TPSA) is 29.5 Å². The summed E-state index contributed by atoms with van der Waals surface area (Å²) in [6.45, 7) is 2.01. The lowest BCUT2D eigenvalue weighted by molar-refractivity contribution is 0.129. The molecule has 20 heavy (non-hydrogen) atoms. The van der Waals surface area contributed by atoms with E-state index in [0.717, 1.165) is 18.8 Å². The Morgan fingerprint density at radius 2 is 2.05 bits per heavy atom. The molecule has 0 saturated heterocycles. The molecule has 1 aliphatic rings. The fraction of sp³-hybridized carbons (Fsp3) is 0.529. The maximum Gasteiger partial charge on any atom is 0.138 e. The van der Waals surface area contributed by atoms with Gasteiger partial charge in [0.05, 0.1) is 11.7 Å². The number of benzene rings is 1. The second kappa shape index (κ2) is 7.31. The lowest BCUT2D eigenvalue weighted by atomic mass is 9.86. The molecule has 0 bridgehead atoms. The second-order valence-corrected chi connectivity index (χ2v) is 5.27. The summed E-state index contributed by atoms with van der Waals surface area (Å²) >= 11 is 0. The van der Waals surface area contributed by atoms with Gasteiger partial charge in [-0.15, -0.1) is 0 Å². The molecule has 1 N–H and O–H groups in total. The lowest BCUT2D eigenvalue weighted by Crippen LogP contribution is -2.24. The van der Waals surface area contributed by atoms with Crippen molar-refractivity contribution in [2.75, 3.05) is 6.61 Å². The van der Waals surface area contributed by atoms with Gasteiger partial charge in [-0.05, 0) is 43.7 Å². The van der Waals surface area contributed by atoms with E-state index < -0.39 is 0 Å². The minimum atomic E-state index is -0.322. The van der Waals surface area contributed by atoms with Gasteiger partial charge in [0.2, 0.25) is 0 Å². The van der Waals surface area contributed by atoms with Gasteiger partial charge in [-0.1, -0.05) is 25.2 Å². The van der Waals surface area contributed by atoms with Crippen molar-refractivity contribution in [3.63, 3.8) is 0 Å². The minimum absolute atomic E-state index is 0.147. The summed E-state index contributed by atoms with van der Waals surface area (Å²) in [6.07, 6.45) is 5.75. The van der Waals surface area contributed by atoms with E-state index in [-0.39, 0.29) is 18.5 Å². The first-order valence-electron chi connectivity index (χ1n) is 7.28. The van der Waals surface area contributed by atoms with E-state index in [9.17, 15) is 4.39 Å². The molecule has 1 fully saturated rings. The Morgan fingerprint density at radius 3 is 2.70 bits per heavy atom. The zero-order valence-electron chi connectivity index (χ0n) is 11.9. The van der Waals surface area contributed by atoms with Crippen molar-refractivity contribution in [3.05, 3.63) is 29.6 Å². The van der Waals surface area contributed by atoms with Crippen LogP contribution >= 0.6 is 0 Å². The third-order valence-corrected chi connectivity index (χ3v) is 3.91. The standard InChI is InChI=1S/C17H21FO2/c1-2-13-5-9-16(10-6-13)20-17-12-15(18)8-7-14(17)4-3-11-19/h7-8,12-13,16,19H,2,5-6,9-11H2,1H3. The van der Waals surface area contributed by atoms with Crippen molar-refractivity contribution in [2.24, 2.45) is 5.92 Å². The predicted molar refractivity (Wildman–Crippen MR) is 77.0 cm³/mol. The van der Waals surface area contributed by atoms with E-state index in [1.165, 1.54) is 31.4 Å². The van der Waals surface area contributed by atoms with Crippen LogP contribution in [0, 0.1) is 23.6 Å². The van der Waals surface area contributed by atoms with Crippen molar-refractivity contribution in [3.8, 4) is 17.6 Å². The van der Waals surface area contributed by atoms with Crippen LogP contribution in [-0.2, 0) is 0 Å². The van der Waals surface area contributed by atoms with Gasteiger partial charge in [0.15, 0.2) is 0 Å². The quantitative estimate of drug-likeness (QED) is 0.856. The summed E-state index contributed by atoms with van der Waals surface area (Å²) in [5.74, 6) is 6.36. The van der Waals surface area contributed by atoms with E-state index in [1.54, 1.807) is 6.07 Å². The highest BCUT2D eigenvalue weighted by Gasteiger charge is 2.22. The van der Waals surface area contributed by atoms with Gasteiger partial charge in [-0.25, -0.2) is 4.39 Å². The Hall–Kier alpha value is -1.53. The molecule has 0 unspecified atom stereocenters. The fourth-order valence-electron chi connectivity index (χ4n) is 2.67. The number of aliphatic hydroxyl groups is 1. The first-order chi connectivity index (χ1) is 9.72. The molecular weight excluding hydrogens is 255 g/mol. The molecule has 0 aromatic heterocycles. The van der Waals surface area contributed by atoms with Crippen LogP contribution in [0.2, 0.25) is 0 Å². The zero-order chi connectivity index (χ0) is 14.4. The van der Waals surface area contributed by atoms with Crippen LogP contribution in [-0.4, -0.2) is 17.8 Å². The highest BCUT2D eigenvalue weighted by molar-refractivity contribution is 5.46.